The predicted molar refractivity (Wildman–Crippen MR) is 61.0 cm³/mol. The standard InChI is InChI=1S/C11H15N3O/c12-15-8-5-10-3-1-2-4-11(10)14-7-6-13-9-14/h1-4,9H,5-8,12H2. The molecular weight excluding hydrogens is 190 g/mol. The van der Waals surface area contributed by atoms with Crippen LogP contribution in [0, 0.1) is 0 Å². The molecule has 0 spiro atoms. The Balaban J connectivity index is 2.17. The lowest BCUT2D eigenvalue weighted by molar-refractivity contribution is 0.141. The number of hydrogen-bond donors (Lipinski definition) is 1. The van der Waals surface area contributed by atoms with Gasteiger partial charge >= 0.3 is 0 Å². The summed E-state index contributed by atoms with van der Waals surface area (Å²) in [6.07, 6.45) is 2.72. The molecule has 0 atom stereocenters. The number of anilines is 1. The SMILES string of the molecule is NOCCc1ccccc1N1C=NCC1. The maximum Gasteiger partial charge on any atom is 0.0895 e. The second kappa shape index (κ2) is 4.91. The molecule has 80 valence electrons. The molecule has 4 nitrogen and oxygen atoms in total. The van der Waals surface area contributed by atoms with E-state index < -0.39 is 0 Å². The van der Waals surface area contributed by atoms with Crippen molar-refractivity contribution in [2.45, 2.75) is 6.42 Å². The zero-order valence-electron chi connectivity index (χ0n) is 8.60. The molecule has 0 amide bonds. The van der Waals surface area contributed by atoms with Crippen LogP contribution >= 0.6 is 0 Å². The fourth-order valence-electron chi connectivity index (χ4n) is 1.73. The maximum absolute atomic E-state index is 5.04. The first kappa shape index (κ1) is 10.1. The van der Waals surface area contributed by atoms with E-state index in [1.54, 1.807) is 0 Å². The van der Waals surface area contributed by atoms with Crippen molar-refractivity contribution < 1.29 is 4.84 Å². The predicted octanol–water partition coefficient (Wildman–Crippen LogP) is 0.968. The molecule has 1 aliphatic heterocycles. The molecule has 1 aromatic rings. The van der Waals surface area contributed by atoms with Gasteiger partial charge in [0, 0.05) is 12.2 Å². The maximum atomic E-state index is 5.04. The molecule has 0 unspecified atom stereocenters. The van der Waals surface area contributed by atoms with Gasteiger partial charge in [0.25, 0.3) is 0 Å². The zero-order valence-corrected chi connectivity index (χ0v) is 8.60. The Morgan fingerprint density at radius 2 is 2.27 bits per heavy atom. The first-order valence-electron chi connectivity index (χ1n) is 5.08. The van der Waals surface area contributed by atoms with Crippen LogP contribution in [-0.4, -0.2) is 26.0 Å². The van der Waals surface area contributed by atoms with Crippen molar-refractivity contribution in [2.75, 3.05) is 24.6 Å². The second-order valence-corrected chi connectivity index (χ2v) is 3.46. The van der Waals surface area contributed by atoms with Crippen molar-refractivity contribution >= 4 is 12.0 Å². The highest BCUT2D eigenvalue weighted by Crippen LogP contribution is 2.21. The summed E-state index contributed by atoms with van der Waals surface area (Å²) in [6.45, 7) is 2.38. The molecule has 0 fully saturated rings. The van der Waals surface area contributed by atoms with Gasteiger partial charge in [-0.1, -0.05) is 18.2 Å². The third kappa shape index (κ3) is 2.34. The summed E-state index contributed by atoms with van der Waals surface area (Å²) in [4.78, 5) is 11.0. The van der Waals surface area contributed by atoms with Gasteiger partial charge in [-0.2, -0.15) is 0 Å². The van der Waals surface area contributed by atoms with Crippen LogP contribution in [0.2, 0.25) is 0 Å². The number of para-hydroxylation sites is 1. The van der Waals surface area contributed by atoms with E-state index in [0.717, 1.165) is 19.5 Å². The van der Waals surface area contributed by atoms with Gasteiger partial charge in [0.2, 0.25) is 0 Å². The van der Waals surface area contributed by atoms with E-state index in [9.17, 15) is 0 Å². The first-order valence-corrected chi connectivity index (χ1v) is 5.08. The Hall–Kier alpha value is -1.39. The largest absolute Gasteiger partial charge is 0.331 e. The summed E-state index contributed by atoms with van der Waals surface area (Å²) in [5, 5.41) is 0. The van der Waals surface area contributed by atoms with Crippen molar-refractivity contribution in [3.63, 3.8) is 0 Å². The highest BCUT2D eigenvalue weighted by molar-refractivity contribution is 5.82. The Morgan fingerprint density at radius 1 is 1.40 bits per heavy atom. The Morgan fingerprint density at radius 3 is 3.00 bits per heavy atom. The van der Waals surface area contributed by atoms with Crippen molar-refractivity contribution in [1.29, 1.82) is 0 Å². The molecule has 1 heterocycles. The highest BCUT2D eigenvalue weighted by Gasteiger charge is 2.11. The quantitative estimate of drug-likeness (QED) is 0.745. The molecule has 1 aromatic carbocycles. The normalized spacial score (nSPS) is 14.9. The van der Waals surface area contributed by atoms with Gasteiger partial charge in [-0.05, 0) is 18.1 Å². The lowest BCUT2D eigenvalue weighted by Gasteiger charge is -2.17. The third-order valence-corrected chi connectivity index (χ3v) is 2.48. The van der Waals surface area contributed by atoms with E-state index in [2.05, 4.69) is 26.9 Å². The van der Waals surface area contributed by atoms with Crippen LogP contribution < -0.4 is 10.8 Å². The Labute approximate surface area is 89.3 Å². The number of nitrogens with zero attached hydrogens (tertiary/aromatic N) is 2. The third-order valence-electron chi connectivity index (χ3n) is 2.48. The molecular formula is C11H15N3O. The van der Waals surface area contributed by atoms with Crippen molar-refractivity contribution in [3.8, 4) is 0 Å². The number of hydrogen-bond acceptors (Lipinski definition) is 4. The lowest BCUT2D eigenvalue weighted by Crippen LogP contribution is -2.20. The van der Waals surface area contributed by atoms with Gasteiger partial charge in [-0.15, -0.1) is 0 Å². The van der Waals surface area contributed by atoms with Gasteiger partial charge < -0.3 is 9.74 Å². The summed E-state index contributed by atoms with van der Waals surface area (Å²) >= 11 is 0. The molecule has 2 N–H and O–H groups in total. The van der Waals surface area contributed by atoms with E-state index in [0.29, 0.717) is 6.61 Å². The fourth-order valence-corrected chi connectivity index (χ4v) is 1.73. The van der Waals surface area contributed by atoms with Crippen LogP contribution in [0.3, 0.4) is 0 Å². The van der Waals surface area contributed by atoms with E-state index in [1.807, 2.05) is 18.5 Å². The minimum Gasteiger partial charge on any atom is -0.331 e. The summed E-state index contributed by atoms with van der Waals surface area (Å²) in [5.41, 5.74) is 2.45. The van der Waals surface area contributed by atoms with Crippen LogP contribution in [0.5, 0.6) is 0 Å². The molecule has 15 heavy (non-hydrogen) atoms. The van der Waals surface area contributed by atoms with E-state index in [-0.39, 0.29) is 0 Å². The number of benzene rings is 1. The van der Waals surface area contributed by atoms with Gasteiger partial charge in [0.1, 0.15) is 0 Å². The van der Waals surface area contributed by atoms with Gasteiger partial charge in [0.05, 0.1) is 19.5 Å². The van der Waals surface area contributed by atoms with E-state index in [1.165, 1.54) is 11.3 Å². The minimum atomic E-state index is 0.544. The topological polar surface area (TPSA) is 50.9 Å². The highest BCUT2D eigenvalue weighted by atomic mass is 16.6. The van der Waals surface area contributed by atoms with Gasteiger partial charge in [-0.25, -0.2) is 5.90 Å². The Kier molecular flexibility index (Phi) is 3.32. The molecule has 0 bridgehead atoms. The van der Waals surface area contributed by atoms with Gasteiger partial charge in [0.15, 0.2) is 0 Å². The molecule has 1 aliphatic rings. The van der Waals surface area contributed by atoms with Gasteiger partial charge in [-0.3, -0.25) is 4.99 Å². The summed E-state index contributed by atoms with van der Waals surface area (Å²) in [6, 6.07) is 8.26. The molecule has 0 radical (unpaired) electrons. The Bertz CT molecular complexity index is 351. The molecule has 4 heteroatoms. The average Bonchev–Trinajstić information content (AvgIpc) is 2.80. The number of aliphatic imine (C=N–C) groups is 1. The number of rotatable bonds is 4. The fraction of sp³-hybridized carbons (Fsp3) is 0.364. The second-order valence-electron chi connectivity index (χ2n) is 3.46. The molecule has 0 aromatic heterocycles. The zero-order chi connectivity index (χ0) is 10.5. The lowest BCUT2D eigenvalue weighted by atomic mass is 10.1. The summed E-state index contributed by atoms with van der Waals surface area (Å²) in [5.74, 6) is 5.04. The van der Waals surface area contributed by atoms with E-state index in [4.69, 9.17) is 5.90 Å². The van der Waals surface area contributed by atoms with Crippen molar-refractivity contribution in [3.05, 3.63) is 29.8 Å². The minimum absolute atomic E-state index is 0.544. The summed E-state index contributed by atoms with van der Waals surface area (Å²) in [7, 11) is 0. The van der Waals surface area contributed by atoms with Crippen LogP contribution in [-0.2, 0) is 11.3 Å². The van der Waals surface area contributed by atoms with Crippen molar-refractivity contribution in [1.82, 2.24) is 0 Å². The van der Waals surface area contributed by atoms with Crippen LogP contribution in [0.25, 0.3) is 0 Å². The molecule has 0 saturated carbocycles. The molecule has 0 aliphatic carbocycles. The average molecular weight is 205 g/mol. The van der Waals surface area contributed by atoms with E-state index >= 15 is 0 Å². The van der Waals surface area contributed by atoms with Crippen LogP contribution in [0.15, 0.2) is 29.3 Å². The molecule has 2 rings (SSSR count). The van der Waals surface area contributed by atoms with Crippen LogP contribution in [0.4, 0.5) is 5.69 Å². The molecule has 0 saturated heterocycles. The smallest absolute Gasteiger partial charge is 0.0895 e. The first-order chi connectivity index (χ1) is 7.42. The number of nitrogens with two attached hydrogens (primary N) is 1. The summed E-state index contributed by atoms with van der Waals surface area (Å²) < 4.78 is 0. The monoisotopic (exact) mass is 205 g/mol. The van der Waals surface area contributed by atoms with Crippen LogP contribution in [0.1, 0.15) is 5.56 Å². The van der Waals surface area contributed by atoms with Crippen molar-refractivity contribution in [2.24, 2.45) is 10.9 Å².